The van der Waals surface area contributed by atoms with Crippen LogP contribution in [0.1, 0.15) is 40.8 Å². The first-order valence-corrected chi connectivity index (χ1v) is 16.4. The zero-order chi connectivity index (χ0) is 34.1. The van der Waals surface area contributed by atoms with Gasteiger partial charge in [0.25, 0.3) is 0 Å². The fraction of sp³-hybridized carbons (Fsp3) is 0.452. The molecule has 0 radical (unpaired) electrons. The third-order valence-electron chi connectivity index (χ3n) is 7.61. The van der Waals surface area contributed by atoms with Gasteiger partial charge in [0.2, 0.25) is 11.8 Å². The van der Waals surface area contributed by atoms with Crippen LogP contribution in [0, 0.1) is 22.2 Å². The Morgan fingerprint density at radius 1 is 1.26 bits per heavy atom. The quantitative estimate of drug-likeness (QED) is 0.152. The molecule has 15 nitrogen and oxygen atoms in total. The van der Waals surface area contributed by atoms with Crippen LogP contribution in [0.15, 0.2) is 48.8 Å². The van der Waals surface area contributed by atoms with E-state index in [-0.39, 0.29) is 40.8 Å². The number of nitrogens with two attached hydrogens (primary N) is 1. The van der Waals surface area contributed by atoms with Crippen LogP contribution >= 0.6 is 7.75 Å². The van der Waals surface area contributed by atoms with Gasteiger partial charge in [0.05, 0.1) is 32.7 Å². The number of benzene rings is 2. The minimum absolute atomic E-state index is 0.0964. The number of rotatable bonds is 11. The molecule has 16 heteroatoms. The highest BCUT2D eigenvalue weighted by molar-refractivity contribution is 7.52. The minimum Gasteiger partial charge on any atom is -0.479 e. The Morgan fingerprint density at radius 2 is 1.98 bits per heavy atom. The smallest absolute Gasteiger partial charge is 0.459 e. The van der Waals surface area contributed by atoms with Gasteiger partial charge in [-0.3, -0.25) is 13.9 Å². The van der Waals surface area contributed by atoms with Crippen molar-refractivity contribution in [3.63, 3.8) is 0 Å². The van der Waals surface area contributed by atoms with Gasteiger partial charge in [-0.05, 0) is 30.7 Å². The van der Waals surface area contributed by atoms with Crippen molar-refractivity contribution in [1.29, 1.82) is 5.26 Å². The van der Waals surface area contributed by atoms with Crippen LogP contribution in [-0.4, -0.2) is 69.2 Å². The number of hydrogen-bond donors (Lipinski definition) is 3. The van der Waals surface area contributed by atoms with Gasteiger partial charge in [0, 0.05) is 5.39 Å². The average molecular weight is 668 g/mol. The van der Waals surface area contributed by atoms with E-state index in [1.54, 1.807) is 24.3 Å². The fourth-order valence-corrected chi connectivity index (χ4v) is 6.63. The van der Waals surface area contributed by atoms with E-state index in [1.807, 2.05) is 39.0 Å². The first-order valence-electron chi connectivity index (χ1n) is 14.8. The minimum atomic E-state index is -4.38. The number of methoxy groups -OCH3 is 1. The van der Waals surface area contributed by atoms with E-state index >= 15 is 0 Å². The summed E-state index contributed by atoms with van der Waals surface area (Å²) in [5, 5.41) is 25.8. The second-order valence-corrected chi connectivity index (χ2v) is 14.4. The third-order valence-corrected chi connectivity index (χ3v) is 9.24. The van der Waals surface area contributed by atoms with Crippen molar-refractivity contribution in [1.82, 2.24) is 24.6 Å². The standard InChI is InChI=1S/C31H38N7O8P/c1-18(27(40)43-16-30(2,3)4)37-47(41,46-21-13-9-11-19-10-7-8-12-20(19)21)44-14-22-24(39)31(5,15-32)28(45-22)38-17-34-23-25(38)35-29(33)36-26(23)42-6/h7-13,17-18,22,24,28,39H,14,16H2,1-6H3,(H,37,41)(H2,33,35,36)/t18-,22+,24+,28+,31+,47?/m0/s1. The third kappa shape index (κ3) is 7.02. The van der Waals surface area contributed by atoms with E-state index < -0.39 is 50.2 Å². The second-order valence-electron chi connectivity index (χ2n) is 12.7. The molecule has 0 spiro atoms. The van der Waals surface area contributed by atoms with Crippen LogP contribution in [0.4, 0.5) is 5.95 Å². The highest BCUT2D eigenvalue weighted by atomic mass is 31.2. The number of aliphatic hydroxyl groups excluding tert-OH is 1. The molecule has 250 valence electrons. The van der Waals surface area contributed by atoms with E-state index in [1.165, 1.54) is 31.9 Å². The molecule has 1 fully saturated rings. The predicted octanol–water partition coefficient (Wildman–Crippen LogP) is 4.13. The number of carbonyl (C=O) groups excluding carboxylic acids is 1. The molecule has 4 aromatic rings. The highest BCUT2D eigenvalue weighted by Crippen LogP contribution is 2.50. The maximum Gasteiger partial charge on any atom is 0.459 e. The molecule has 6 atom stereocenters. The highest BCUT2D eigenvalue weighted by Gasteiger charge is 2.56. The molecule has 4 N–H and O–H groups in total. The molecule has 1 unspecified atom stereocenters. The van der Waals surface area contributed by atoms with Crippen molar-refractivity contribution in [2.45, 2.75) is 59.1 Å². The lowest BCUT2D eigenvalue weighted by Crippen LogP contribution is -2.39. The Balaban J connectivity index is 1.43. The summed E-state index contributed by atoms with van der Waals surface area (Å²) in [4.78, 5) is 25.4. The summed E-state index contributed by atoms with van der Waals surface area (Å²) in [6, 6.07) is 13.6. The van der Waals surface area contributed by atoms with Gasteiger partial charge in [-0.2, -0.15) is 20.3 Å². The number of aromatic nitrogens is 4. The summed E-state index contributed by atoms with van der Waals surface area (Å²) < 4.78 is 44.6. The number of hydrogen-bond acceptors (Lipinski definition) is 13. The Morgan fingerprint density at radius 3 is 2.68 bits per heavy atom. The molecule has 1 aliphatic heterocycles. The van der Waals surface area contributed by atoms with Gasteiger partial charge in [-0.1, -0.05) is 57.2 Å². The summed E-state index contributed by atoms with van der Waals surface area (Å²) in [6.07, 6.45) is -2.37. The molecule has 0 aliphatic carbocycles. The topological polar surface area (TPSA) is 206 Å². The number of fused-ring (bicyclic) bond motifs is 2. The number of nitrogen functional groups attached to an aromatic ring is 1. The monoisotopic (exact) mass is 667 g/mol. The van der Waals surface area contributed by atoms with Crippen LogP contribution in [-0.2, 0) is 23.4 Å². The van der Waals surface area contributed by atoms with Gasteiger partial charge >= 0.3 is 13.7 Å². The average Bonchev–Trinajstić information content (AvgIpc) is 3.56. The van der Waals surface area contributed by atoms with Gasteiger partial charge in [0.1, 0.15) is 29.4 Å². The van der Waals surface area contributed by atoms with Crippen molar-refractivity contribution in [3.8, 4) is 17.7 Å². The van der Waals surface area contributed by atoms with Crippen molar-refractivity contribution >= 4 is 41.6 Å². The number of ether oxygens (including phenoxy) is 3. The van der Waals surface area contributed by atoms with Crippen molar-refractivity contribution < 1.29 is 37.7 Å². The maximum absolute atomic E-state index is 14.4. The molecular formula is C31H38N7O8P. The van der Waals surface area contributed by atoms with Gasteiger partial charge in [0.15, 0.2) is 17.4 Å². The van der Waals surface area contributed by atoms with Crippen LogP contribution < -0.4 is 20.1 Å². The first-order chi connectivity index (χ1) is 22.2. The predicted molar refractivity (Wildman–Crippen MR) is 171 cm³/mol. The Labute approximate surface area is 271 Å². The molecule has 3 heterocycles. The number of imidazole rings is 1. The summed E-state index contributed by atoms with van der Waals surface area (Å²) in [6.45, 7) is 8.36. The number of carbonyl (C=O) groups is 1. The number of anilines is 1. The fourth-order valence-electron chi connectivity index (χ4n) is 5.11. The van der Waals surface area contributed by atoms with Crippen LogP contribution in [0.5, 0.6) is 11.6 Å². The Hall–Kier alpha value is -4.32. The summed E-state index contributed by atoms with van der Waals surface area (Å²) in [7, 11) is -2.98. The maximum atomic E-state index is 14.4. The lowest BCUT2D eigenvalue weighted by molar-refractivity contribution is -0.148. The zero-order valence-corrected chi connectivity index (χ0v) is 27.8. The Bertz CT molecular complexity index is 1870. The van der Waals surface area contributed by atoms with E-state index in [4.69, 9.17) is 29.0 Å². The summed E-state index contributed by atoms with van der Waals surface area (Å²) in [5.41, 5.74) is 4.51. The SMILES string of the molecule is COc1nc(N)nc2c1ncn2[C@@H]1O[C@H](COP(=O)(N[C@@H](C)C(=O)OCC(C)(C)C)Oc2cccc3ccccc23)[C@@H](O)[C@@]1(C)C#N. The van der Waals surface area contributed by atoms with Crippen LogP contribution in [0.2, 0.25) is 0 Å². The largest absolute Gasteiger partial charge is 0.479 e. The summed E-state index contributed by atoms with van der Waals surface area (Å²) >= 11 is 0. The zero-order valence-electron chi connectivity index (χ0n) is 26.9. The molecule has 2 aromatic carbocycles. The van der Waals surface area contributed by atoms with Gasteiger partial charge in [-0.25, -0.2) is 9.55 Å². The van der Waals surface area contributed by atoms with E-state index in [9.17, 15) is 19.7 Å². The van der Waals surface area contributed by atoms with Crippen molar-refractivity contribution in [2.75, 3.05) is 26.1 Å². The number of aliphatic hydroxyl groups is 1. The lowest BCUT2D eigenvalue weighted by Gasteiger charge is -2.26. The molecular weight excluding hydrogens is 629 g/mol. The number of esters is 1. The summed E-state index contributed by atoms with van der Waals surface area (Å²) in [5.74, 6) is -0.404. The van der Waals surface area contributed by atoms with E-state index in [0.717, 1.165) is 5.39 Å². The lowest BCUT2D eigenvalue weighted by atomic mass is 9.84. The molecule has 47 heavy (non-hydrogen) atoms. The number of nitrogens with one attached hydrogen (secondary N) is 1. The molecule has 1 aliphatic rings. The molecule has 0 saturated carbocycles. The van der Waals surface area contributed by atoms with E-state index in [0.29, 0.717) is 5.39 Å². The van der Waals surface area contributed by atoms with Gasteiger partial charge in [-0.15, -0.1) is 0 Å². The van der Waals surface area contributed by atoms with Crippen LogP contribution in [0.3, 0.4) is 0 Å². The molecule has 1 saturated heterocycles. The normalized spacial score (nSPS) is 23.2. The molecule has 0 bridgehead atoms. The van der Waals surface area contributed by atoms with Crippen molar-refractivity contribution in [3.05, 3.63) is 48.8 Å². The number of nitriles is 1. The number of nitrogens with zero attached hydrogens (tertiary/aromatic N) is 5. The van der Waals surface area contributed by atoms with Gasteiger partial charge < -0.3 is 29.6 Å². The van der Waals surface area contributed by atoms with Crippen LogP contribution in [0.25, 0.3) is 21.9 Å². The molecule has 5 rings (SSSR count). The second kappa shape index (κ2) is 13.1. The first kappa shape index (κ1) is 34.0. The molecule has 2 aromatic heterocycles. The Kier molecular flexibility index (Phi) is 9.45. The van der Waals surface area contributed by atoms with Crippen molar-refractivity contribution in [2.24, 2.45) is 10.8 Å². The molecule has 0 amide bonds. The van der Waals surface area contributed by atoms with E-state index in [2.05, 4.69) is 26.1 Å².